The fraction of sp³-hybridized carbons (Fsp3) is 0.174. The first-order valence-electron chi connectivity index (χ1n) is 9.86. The molecule has 0 radical (unpaired) electrons. The average molecular weight is 453 g/mol. The largest absolute Gasteiger partial charge is 0.497 e. The molecule has 2 aromatic heterocycles. The van der Waals surface area contributed by atoms with Gasteiger partial charge in [0.2, 0.25) is 5.91 Å². The van der Waals surface area contributed by atoms with Gasteiger partial charge in [0.15, 0.2) is 11.0 Å². The Hall–Kier alpha value is -3.59. The lowest BCUT2D eigenvalue weighted by Gasteiger charge is -2.13. The Bertz CT molecular complexity index is 1190. The highest BCUT2D eigenvalue weighted by Gasteiger charge is 2.22. The highest BCUT2D eigenvalue weighted by atomic mass is 32.2. The summed E-state index contributed by atoms with van der Waals surface area (Å²) in [5.41, 5.74) is 1.36. The van der Waals surface area contributed by atoms with Gasteiger partial charge in [-0.2, -0.15) is 0 Å². The number of nitrogens with zero attached hydrogens (tertiary/aromatic N) is 3. The zero-order valence-corrected chi connectivity index (χ0v) is 18.3. The van der Waals surface area contributed by atoms with Gasteiger partial charge in [0.05, 0.1) is 25.2 Å². The summed E-state index contributed by atoms with van der Waals surface area (Å²) in [6, 6.07) is 16.9. The second-order valence-electron chi connectivity index (χ2n) is 6.96. The van der Waals surface area contributed by atoms with Crippen LogP contribution in [0.4, 0.5) is 10.1 Å². The third-order valence-corrected chi connectivity index (χ3v) is 5.78. The number of hydrogen-bond acceptors (Lipinski definition) is 6. The molecule has 0 fully saturated rings. The van der Waals surface area contributed by atoms with E-state index in [1.807, 2.05) is 41.0 Å². The molecule has 1 unspecified atom stereocenters. The fourth-order valence-corrected chi connectivity index (χ4v) is 3.89. The lowest BCUT2D eigenvalue weighted by molar-refractivity contribution is -0.115. The first kappa shape index (κ1) is 21.6. The van der Waals surface area contributed by atoms with Crippen LogP contribution in [-0.4, -0.2) is 33.0 Å². The summed E-state index contributed by atoms with van der Waals surface area (Å²) in [5.74, 6) is 1.49. The molecular weight excluding hydrogens is 431 g/mol. The molecule has 4 aromatic rings. The van der Waals surface area contributed by atoms with Gasteiger partial charge < -0.3 is 14.5 Å². The lowest BCUT2D eigenvalue weighted by atomic mass is 10.2. The van der Waals surface area contributed by atoms with Crippen molar-refractivity contribution in [2.75, 3.05) is 12.4 Å². The van der Waals surface area contributed by atoms with E-state index in [2.05, 4.69) is 15.5 Å². The minimum Gasteiger partial charge on any atom is -0.497 e. The van der Waals surface area contributed by atoms with Crippen molar-refractivity contribution in [3.8, 4) is 17.1 Å². The number of aromatic nitrogens is 3. The molecule has 9 heteroatoms. The molecule has 0 bridgehead atoms. The highest BCUT2D eigenvalue weighted by molar-refractivity contribution is 8.00. The van der Waals surface area contributed by atoms with Crippen LogP contribution in [0.5, 0.6) is 5.75 Å². The second-order valence-corrected chi connectivity index (χ2v) is 8.27. The van der Waals surface area contributed by atoms with Gasteiger partial charge in [0, 0.05) is 11.3 Å². The number of benzene rings is 2. The Kier molecular flexibility index (Phi) is 6.55. The molecule has 0 spiro atoms. The molecule has 0 aliphatic rings. The molecule has 4 rings (SSSR count). The molecular formula is C23H21FN4O3S. The van der Waals surface area contributed by atoms with Gasteiger partial charge in [0.25, 0.3) is 0 Å². The standard InChI is InChI=1S/C23H21FN4O3S/c1-15(22(29)25-18-10-8-17(24)9-11-18)32-23-27-26-21(16-5-3-6-19(13-16)30-2)28(23)14-20-7-4-12-31-20/h3-13,15H,14H2,1-2H3,(H,25,29). The molecule has 1 amide bonds. The molecule has 0 aliphatic heterocycles. The summed E-state index contributed by atoms with van der Waals surface area (Å²) >= 11 is 1.28. The van der Waals surface area contributed by atoms with Crippen LogP contribution in [0, 0.1) is 5.82 Å². The number of rotatable bonds is 8. The van der Waals surface area contributed by atoms with E-state index in [-0.39, 0.29) is 11.7 Å². The highest BCUT2D eigenvalue weighted by Crippen LogP contribution is 2.30. The maximum atomic E-state index is 13.1. The smallest absolute Gasteiger partial charge is 0.237 e. The van der Waals surface area contributed by atoms with E-state index in [1.165, 1.54) is 36.0 Å². The van der Waals surface area contributed by atoms with Crippen LogP contribution in [0.15, 0.2) is 76.5 Å². The molecule has 1 N–H and O–H groups in total. The number of methoxy groups -OCH3 is 1. The number of furan rings is 1. The number of anilines is 1. The van der Waals surface area contributed by atoms with Crippen LogP contribution in [0.2, 0.25) is 0 Å². The predicted octanol–water partition coefficient (Wildman–Crippen LogP) is 4.85. The molecule has 2 aromatic carbocycles. The van der Waals surface area contributed by atoms with Gasteiger partial charge in [-0.15, -0.1) is 10.2 Å². The van der Waals surface area contributed by atoms with Crippen LogP contribution < -0.4 is 10.1 Å². The van der Waals surface area contributed by atoms with E-state index in [4.69, 9.17) is 9.15 Å². The lowest BCUT2D eigenvalue weighted by Crippen LogP contribution is -2.23. The molecule has 0 aliphatic carbocycles. The minimum atomic E-state index is -0.474. The SMILES string of the molecule is COc1cccc(-c2nnc(SC(C)C(=O)Nc3ccc(F)cc3)n2Cc2ccco2)c1. The number of amides is 1. The summed E-state index contributed by atoms with van der Waals surface area (Å²) in [7, 11) is 1.61. The molecule has 0 saturated carbocycles. The summed E-state index contributed by atoms with van der Waals surface area (Å²) in [5, 5.41) is 11.6. The molecule has 7 nitrogen and oxygen atoms in total. The first-order valence-corrected chi connectivity index (χ1v) is 10.7. The van der Waals surface area contributed by atoms with E-state index in [9.17, 15) is 9.18 Å². The summed E-state index contributed by atoms with van der Waals surface area (Å²) < 4.78 is 25.9. The number of hydrogen-bond donors (Lipinski definition) is 1. The number of ether oxygens (including phenoxy) is 1. The maximum Gasteiger partial charge on any atom is 0.237 e. The van der Waals surface area contributed by atoms with Crippen LogP contribution in [0.3, 0.4) is 0 Å². The Morgan fingerprint density at radius 2 is 2.00 bits per heavy atom. The van der Waals surface area contributed by atoms with Crippen molar-refractivity contribution in [3.63, 3.8) is 0 Å². The molecule has 32 heavy (non-hydrogen) atoms. The number of carbonyl (C=O) groups is 1. The van der Waals surface area contributed by atoms with Crippen molar-refractivity contribution in [2.24, 2.45) is 0 Å². The van der Waals surface area contributed by atoms with Crippen molar-refractivity contribution in [2.45, 2.75) is 23.9 Å². The minimum absolute atomic E-state index is 0.225. The van der Waals surface area contributed by atoms with Crippen LogP contribution in [-0.2, 0) is 11.3 Å². The van der Waals surface area contributed by atoms with Crippen LogP contribution >= 0.6 is 11.8 Å². The van der Waals surface area contributed by atoms with E-state index < -0.39 is 5.25 Å². The topological polar surface area (TPSA) is 82.2 Å². The fourth-order valence-electron chi connectivity index (χ4n) is 3.04. The van der Waals surface area contributed by atoms with Gasteiger partial charge >= 0.3 is 0 Å². The van der Waals surface area contributed by atoms with E-state index >= 15 is 0 Å². The van der Waals surface area contributed by atoms with E-state index in [0.717, 1.165) is 11.3 Å². The third kappa shape index (κ3) is 5.00. The zero-order chi connectivity index (χ0) is 22.5. The molecule has 1 atom stereocenters. The summed E-state index contributed by atoms with van der Waals surface area (Å²) in [4.78, 5) is 12.7. The van der Waals surface area contributed by atoms with Gasteiger partial charge in [-0.25, -0.2) is 4.39 Å². The quantitative estimate of drug-likeness (QED) is 0.385. The van der Waals surface area contributed by atoms with Crippen molar-refractivity contribution in [1.82, 2.24) is 14.8 Å². The van der Waals surface area contributed by atoms with Gasteiger partial charge in [0.1, 0.15) is 17.3 Å². The average Bonchev–Trinajstić information content (AvgIpc) is 3.46. The maximum absolute atomic E-state index is 13.1. The second kappa shape index (κ2) is 9.69. The number of carbonyl (C=O) groups excluding carboxylic acids is 1. The molecule has 164 valence electrons. The number of halogens is 1. The van der Waals surface area contributed by atoms with E-state index in [0.29, 0.717) is 29.0 Å². The van der Waals surface area contributed by atoms with E-state index in [1.54, 1.807) is 20.3 Å². The number of nitrogens with one attached hydrogen (secondary N) is 1. The normalized spacial score (nSPS) is 11.8. The summed E-state index contributed by atoms with van der Waals surface area (Å²) in [6.07, 6.45) is 1.61. The van der Waals surface area contributed by atoms with Crippen molar-refractivity contribution in [1.29, 1.82) is 0 Å². The van der Waals surface area contributed by atoms with Crippen molar-refractivity contribution < 1.29 is 18.3 Å². The number of thioether (sulfide) groups is 1. The van der Waals surface area contributed by atoms with Crippen molar-refractivity contribution in [3.05, 3.63) is 78.5 Å². The Balaban J connectivity index is 1.59. The predicted molar refractivity (Wildman–Crippen MR) is 120 cm³/mol. The van der Waals surface area contributed by atoms with Crippen LogP contribution in [0.1, 0.15) is 12.7 Å². The third-order valence-electron chi connectivity index (χ3n) is 4.70. The summed E-state index contributed by atoms with van der Waals surface area (Å²) in [6.45, 7) is 2.18. The van der Waals surface area contributed by atoms with Crippen molar-refractivity contribution >= 4 is 23.4 Å². The van der Waals surface area contributed by atoms with Gasteiger partial charge in [-0.05, 0) is 55.5 Å². The Morgan fingerprint density at radius 1 is 1.19 bits per heavy atom. The Morgan fingerprint density at radius 3 is 2.72 bits per heavy atom. The zero-order valence-electron chi connectivity index (χ0n) is 17.5. The first-order chi connectivity index (χ1) is 15.5. The van der Waals surface area contributed by atoms with Crippen LogP contribution in [0.25, 0.3) is 11.4 Å². The Labute approximate surface area is 188 Å². The molecule has 0 saturated heterocycles. The van der Waals surface area contributed by atoms with Gasteiger partial charge in [-0.1, -0.05) is 23.9 Å². The monoisotopic (exact) mass is 452 g/mol. The molecule has 2 heterocycles. The van der Waals surface area contributed by atoms with Gasteiger partial charge in [-0.3, -0.25) is 9.36 Å².